The maximum absolute atomic E-state index is 4.93. The summed E-state index contributed by atoms with van der Waals surface area (Å²) in [6, 6.07) is 94.1. The fraction of sp³-hybridized carbons (Fsp3) is 0.0312. The molecule has 5 nitrogen and oxygen atoms in total. The van der Waals surface area contributed by atoms with Gasteiger partial charge in [-0.25, -0.2) is 9.97 Å². The molecule has 0 saturated carbocycles. The molecule has 0 aliphatic carbocycles. The molecule has 4 heterocycles. The Morgan fingerprint density at radius 2 is 0.648 bits per heavy atom. The van der Waals surface area contributed by atoms with Crippen molar-refractivity contribution in [3.8, 4) is 28.5 Å². The molecule has 0 saturated heterocycles. The summed E-state index contributed by atoms with van der Waals surface area (Å²) >= 11 is 0. The normalized spacial score (nSPS) is 11.4. The van der Waals surface area contributed by atoms with Crippen LogP contribution in [0.5, 0.6) is 0 Å². The van der Waals surface area contributed by atoms with Crippen LogP contribution < -0.4 is 0 Å². The van der Waals surface area contributed by atoms with Gasteiger partial charge in [0.25, 0.3) is 0 Å². The zero-order valence-electron chi connectivity index (χ0n) is 38.0. The summed E-state index contributed by atoms with van der Waals surface area (Å²) in [5, 5.41) is 2.00. The topological polar surface area (TPSA) is 56.5 Å². The van der Waals surface area contributed by atoms with Gasteiger partial charge in [-0.2, -0.15) is 47.2 Å². The third kappa shape index (κ3) is 8.18. The molecular weight excluding hydrogens is 1050 g/mol. The first-order chi connectivity index (χ1) is 34.2. The van der Waals surface area contributed by atoms with Crippen LogP contribution in [0.15, 0.2) is 249 Å². The Labute approximate surface area is 441 Å². The first-order valence-electron chi connectivity index (χ1n) is 23.0. The Kier molecular flexibility index (Phi) is 13.4. The number of hydrogen-bond acceptors (Lipinski definition) is 4. The van der Waals surface area contributed by atoms with Crippen molar-refractivity contribution >= 4 is 21.8 Å². The quantitative estimate of drug-likeness (QED) is 0.0736. The van der Waals surface area contributed by atoms with Crippen molar-refractivity contribution in [3.05, 3.63) is 318 Å². The Hall–Kier alpha value is -7.74. The van der Waals surface area contributed by atoms with Gasteiger partial charge in [0.2, 0.25) is 5.95 Å². The monoisotopic (exact) mass is 1090 g/mol. The molecule has 12 aromatic rings. The number of fused-ring (bicyclic) bond motifs is 3. The predicted molar refractivity (Wildman–Crippen MR) is 275 cm³/mol. The second kappa shape index (κ2) is 20.3. The largest absolute Gasteiger partial charge is 2.00 e. The molecule has 0 spiro atoms. The van der Waals surface area contributed by atoms with Crippen LogP contribution >= 0.6 is 0 Å². The van der Waals surface area contributed by atoms with Gasteiger partial charge < -0.3 is 14.5 Å². The zero-order valence-corrected chi connectivity index (χ0v) is 41.1. The molecule has 0 fully saturated rings. The Morgan fingerprint density at radius 1 is 0.296 bits per heavy atom. The van der Waals surface area contributed by atoms with Crippen LogP contribution in [0, 0.1) is 24.3 Å². The maximum Gasteiger partial charge on any atom is 2.00 e. The summed E-state index contributed by atoms with van der Waals surface area (Å²) in [6.07, 6.45) is 7.24. The molecule has 0 bridgehead atoms. The first-order valence-corrected chi connectivity index (χ1v) is 23.0. The average Bonchev–Trinajstić information content (AvgIpc) is 3.76. The average molecular weight is 1090 g/mol. The van der Waals surface area contributed by atoms with Gasteiger partial charge in [0.1, 0.15) is 0 Å². The second-order valence-electron chi connectivity index (χ2n) is 17.0. The molecule has 71 heavy (non-hydrogen) atoms. The van der Waals surface area contributed by atoms with Gasteiger partial charge in [-0.3, -0.25) is 0 Å². The van der Waals surface area contributed by atoms with E-state index in [1.165, 1.54) is 0 Å². The van der Waals surface area contributed by atoms with Crippen LogP contribution in [-0.4, -0.2) is 24.5 Å². The summed E-state index contributed by atoms with van der Waals surface area (Å²) in [6.45, 7) is 0. The van der Waals surface area contributed by atoms with E-state index in [0.29, 0.717) is 5.95 Å². The molecule has 7 heteroatoms. The fourth-order valence-corrected chi connectivity index (χ4v) is 10.2. The standard InChI is InChI=1S/C64H41N5.2Pd/c1-5-22-48(23-6-1)63(49-24-7-2-8-25-49,52-30-17-20-46(42-52)58-32-13-15-38-65-58)54-34-36-56-57-37-35-55(45-61(57)69(60(56)44-54)62-67-40-19-41-68-62)64(50-26-9-3-10-27-50,51-28-11-4-12-29-51)53-31-18-21-47(43-53)59-33-14-16-39-66-59;;/h1-41H;;/q-4;2*+2. The summed E-state index contributed by atoms with van der Waals surface area (Å²) in [5.74, 6) is 0.516. The van der Waals surface area contributed by atoms with Crippen molar-refractivity contribution < 1.29 is 40.8 Å². The van der Waals surface area contributed by atoms with Gasteiger partial charge >= 0.3 is 40.8 Å². The third-order valence-electron chi connectivity index (χ3n) is 13.3. The number of hydrogen-bond donors (Lipinski definition) is 0. The van der Waals surface area contributed by atoms with Crippen LogP contribution in [0.4, 0.5) is 0 Å². The number of nitrogens with zero attached hydrogens (tertiary/aromatic N) is 5. The summed E-state index contributed by atoms with van der Waals surface area (Å²) in [7, 11) is 0. The van der Waals surface area contributed by atoms with Crippen LogP contribution in [-0.2, 0) is 51.7 Å². The van der Waals surface area contributed by atoms with E-state index in [0.717, 1.165) is 88.8 Å². The van der Waals surface area contributed by atoms with E-state index in [9.17, 15) is 0 Å². The van der Waals surface area contributed by atoms with E-state index in [-0.39, 0.29) is 40.8 Å². The number of rotatable bonds is 11. The molecule has 0 N–H and O–H groups in total. The van der Waals surface area contributed by atoms with Crippen molar-refractivity contribution in [1.29, 1.82) is 0 Å². The van der Waals surface area contributed by atoms with Crippen molar-refractivity contribution in [2.24, 2.45) is 0 Å². The first kappa shape index (κ1) is 47.0. The van der Waals surface area contributed by atoms with Gasteiger partial charge in [0, 0.05) is 35.6 Å². The van der Waals surface area contributed by atoms with Crippen molar-refractivity contribution in [2.45, 2.75) is 10.8 Å². The maximum atomic E-state index is 4.93. The molecule has 0 aliphatic heterocycles. The van der Waals surface area contributed by atoms with Crippen LogP contribution in [0.1, 0.15) is 44.5 Å². The number of aromatic nitrogens is 5. The SMILES string of the molecule is [Pd+2].[Pd+2].[c-]1c(-c2ccccn2)cccc1C(c1[c-]c2c(cc1)c1ccc(C(c3[c-]c(-c4ccccn4)ccc3)(c3ccccc3)c3ccccc3)[c-]c1n2-c1ncccn1)(c1ccccc1)c1ccccc1. The summed E-state index contributed by atoms with van der Waals surface area (Å²) < 4.78 is 2.13. The molecule has 12 rings (SSSR count). The Morgan fingerprint density at radius 3 is 1.01 bits per heavy atom. The van der Waals surface area contributed by atoms with E-state index >= 15 is 0 Å². The van der Waals surface area contributed by atoms with Crippen LogP contribution in [0.3, 0.4) is 0 Å². The molecule has 342 valence electrons. The van der Waals surface area contributed by atoms with E-state index in [2.05, 4.69) is 211 Å². The van der Waals surface area contributed by atoms with Crippen LogP contribution in [0.25, 0.3) is 50.3 Å². The minimum atomic E-state index is -0.862. The summed E-state index contributed by atoms with van der Waals surface area (Å²) in [5.41, 5.74) is 11.6. The molecular formula is C64H41N5Pd2. The molecule has 0 atom stereocenters. The minimum absolute atomic E-state index is 0. The van der Waals surface area contributed by atoms with Gasteiger partial charge in [0.05, 0.1) is 0 Å². The number of pyridine rings is 2. The van der Waals surface area contributed by atoms with E-state index in [4.69, 9.17) is 19.9 Å². The van der Waals surface area contributed by atoms with Crippen molar-refractivity contribution in [2.75, 3.05) is 0 Å². The van der Waals surface area contributed by atoms with E-state index in [1.54, 1.807) is 12.4 Å². The Bertz CT molecular complexity index is 3400. The predicted octanol–water partition coefficient (Wildman–Crippen LogP) is 13.7. The smallest absolute Gasteiger partial charge is 0.328 e. The van der Waals surface area contributed by atoms with E-state index in [1.807, 2.05) is 54.9 Å². The van der Waals surface area contributed by atoms with Crippen LogP contribution in [0.2, 0.25) is 0 Å². The van der Waals surface area contributed by atoms with E-state index < -0.39 is 10.8 Å². The fourth-order valence-electron chi connectivity index (χ4n) is 10.2. The molecule has 4 aromatic heterocycles. The van der Waals surface area contributed by atoms with Gasteiger partial charge in [-0.1, -0.05) is 157 Å². The minimum Gasteiger partial charge on any atom is -0.328 e. The summed E-state index contributed by atoms with van der Waals surface area (Å²) in [4.78, 5) is 19.3. The van der Waals surface area contributed by atoms with Gasteiger partial charge in [-0.05, 0) is 51.8 Å². The molecule has 0 aliphatic rings. The Balaban J connectivity index is 0.00000291. The zero-order chi connectivity index (χ0) is 46.0. The molecule has 0 amide bonds. The molecule has 0 unspecified atom stereocenters. The van der Waals surface area contributed by atoms with Gasteiger partial charge in [-0.15, -0.1) is 81.9 Å². The van der Waals surface area contributed by atoms with Crippen molar-refractivity contribution in [3.63, 3.8) is 0 Å². The van der Waals surface area contributed by atoms with Gasteiger partial charge in [0.15, 0.2) is 0 Å². The molecule has 8 aromatic carbocycles. The molecule has 0 radical (unpaired) electrons. The second-order valence-corrected chi connectivity index (χ2v) is 17.0. The number of benzene rings is 8. The third-order valence-corrected chi connectivity index (χ3v) is 13.3. The van der Waals surface area contributed by atoms with Crippen molar-refractivity contribution in [1.82, 2.24) is 24.5 Å².